The Morgan fingerprint density at radius 3 is 3.00 bits per heavy atom. The van der Waals surface area contributed by atoms with Crippen molar-refractivity contribution < 1.29 is 13.9 Å². The highest BCUT2D eigenvalue weighted by Crippen LogP contribution is 2.25. The number of halogens is 1. The summed E-state index contributed by atoms with van der Waals surface area (Å²) in [4.78, 5) is 14.7. The van der Waals surface area contributed by atoms with Gasteiger partial charge in [0.25, 0.3) is 5.89 Å². The number of fused-ring (bicyclic) bond motifs is 1. The molecule has 0 aliphatic carbocycles. The van der Waals surface area contributed by atoms with Crippen LogP contribution in [0.25, 0.3) is 11.1 Å². The summed E-state index contributed by atoms with van der Waals surface area (Å²) in [6.07, 6.45) is 0. The van der Waals surface area contributed by atoms with Gasteiger partial charge in [0.05, 0.1) is 7.11 Å². The van der Waals surface area contributed by atoms with Gasteiger partial charge in [0.15, 0.2) is 11.1 Å². The Hall–Kier alpha value is -1.55. The van der Waals surface area contributed by atoms with E-state index in [0.29, 0.717) is 16.8 Å². The maximum absolute atomic E-state index is 10.8. The van der Waals surface area contributed by atoms with Crippen LogP contribution in [0, 0.1) is 0 Å². The van der Waals surface area contributed by atoms with Crippen LogP contribution in [0.2, 0.25) is 0 Å². The molecular formula is C9H6ClNO3. The van der Waals surface area contributed by atoms with Crippen molar-refractivity contribution >= 4 is 27.9 Å². The molecule has 0 atom stereocenters. The van der Waals surface area contributed by atoms with Crippen LogP contribution >= 0.6 is 11.6 Å². The van der Waals surface area contributed by atoms with E-state index in [4.69, 9.17) is 20.8 Å². The van der Waals surface area contributed by atoms with Gasteiger partial charge in [0, 0.05) is 0 Å². The Balaban J connectivity index is 2.70. The zero-order valence-electron chi connectivity index (χ0n) is 7.28. The number of rotatable bonds is 2. The van der Waals surface area contributed by atoms with Crippen molar-refractivity contribution in [3.8, 4) is 5.75 Å². The van der Waals surface area contributed by atoms with Gasteiger partial charge in [-0.25, -0.2) is 4.98 Å². The molecule has 0 N–H and O–H groups in total. The highest BCUT2D eigenvalue weighted by molar-refractivity contribution is 6.67. The van der Waals surface area contributed by atoms with Crippen molar-refractivity contribution in [2.45, 2.75) is 0 Å². The average Bonchev–Trinajstić information content (AvgIpc) is 2.60. The topological polar surface area (TPSA) is 52.3 Å². The molecule has 72 valence electrons. The van der Waals surface area contributed by atoms with E-state index in [2.05, 4.69) is 4.98 Å². The second kappa shape index (κ2) is 3.31. The summed E-state index contributed by atoms with van der Waals surface area (Å²) in [5, 5.41) is -0.719. The second-order valence-corrected chi connectivity index (χ2v) is 2.94. The van der Waals surface area contributed by atoms with Crippen LogP contribution in [0.15, 0.2) is 22.6 Å². The molecule has 0 saturated carbocycles. The summed E-state index contributed by atoms with van der Waals surface area (Å²) in [7, 11) is 1.52. The highest BCUT2D eigenvalue weighted by Gasteiger charge is 2.14. The molecule has 0 aliphatic rings. The van der Waals surface area contributed by atoms with Crippen LogP contribution in [0.3, 0.4) is 0 Å². The minimum atomic E-state index is -0.719. The maximum atomic E-state index is 10.8. The van der Waals surface area contributed by atoms with Gasteiger partial charge >= 0.3 is 5.24 Å². The van der Waals surface area contributed by atoms with Crippen LogP contribution in [0.4, 0.5) is 0 Å². The summed E-state index contributed by atoms with van der Waals surface area (Å²) < 4.78 is 10.1. The smallest absolute Gasteiger partial charge is 0.307 e. The van der Waals surface area contributed by atoms with Gasteiger partial charge < -0.3 is 9.15 Å². The lowest BCUT2D eigenvalue weighted by Gasteiger charge is -1.96. The molecule has 0 radical (unpaired) electrons. The van der Waals surface area contributed by atoms with Crippen molar-refractivity contribution in [1.29, 1.82) is 0 Å². The molecule has 0 aliphatic heterocycles. The summed E-state index contributed by atoms with van der Waals surface area (Å²) in [5.41, 5.74) is 0.979. The fourth-order valence-corrected chi connectivity index (χ4v) is 1.25. The van der Waals surface area contributed by atoms with E-state index in [1.807, 2.05) is 0 Å². The number of aromatic nitrogens is 1. The summed E-state index contributed by atoms with van der Waals surface area (Å²) >= 11 is 5.23. The molecule has 1 aromatic heterocycles. The van der Waals surface area contributed by atoms with Crippen molar-refractivity contribution in [1.82, 2.24) is 4.98 Å². The van der Waals surface area contributed by atoms with E-state index in [9.17, 15) is 4.79 Å². The van der Waals surface area contributed by atoms with Crippen LogP contribution in [-0.4, -0.2) is 17.3 Å². The Kier molecular flexibility index (Phi) is 2.13. The van der Waals surface area contributed by atoms with Gasteiger partial charge in [0.1, 0.15) is 5.75 Å². The van der Waals surface area contributed by atoms with Crippen LogP contribution < -0.4 is 4.74 Å². The molecule has 2 aromatic rings. The number of benzene rings is 1. The summed E-state index contributed by atoms with van der Waals surface area (Å²) in [6, 6.07) is 5.16. The van der Waals surface area contributed by atoms with E-state index in [-0.39, 0.29) is 5.89 Å². The van der Waals surface area contributed by atoms with Crippen molar-refractivity contribution in [2.75, 3.05) is 7.11 Å². The molecule has 4 nitrogen and oxygen atoms in total. The normalized spacial score (nSPS) is 10.4. The van der Waals surface area contributed by atoms with E-state index in [0.717, 1.165) is 0 Å². The van der Waals surface area contributed by atoms with Gasteiger partial charge in [-0.15, -0.1) is 0 Å². The number of hydrogen-bond acceptors (Lipinski definition) is 4. The van der Waals surface area contributed by atoms with Crippen molar-refractivity contribution in [3.63, 3.8) is 0 Å². The van der Waals surface area contributed by atoms with Gasteiger partial charge in [-0.05, 0) is 23.7 Å². The predicted octanol–water partition coefficient (Wildman–Crippen LogP) is 2.22. The third kappa shape index (κ3) is 1.33. The lowest BCUT2D eigenvalue weighted by Crippen LogP contribution is -1.87. The first kappa shape index (κ1) is 9.02. The Morgan fingerprint density at radius 2 is 2.36 bits per heavy atom. The number of oxazole rings is 1. The molecule has 5 heteroatoms. The molecule has 14 heavy (non-hydrogen) atoms. The molecule has 0 bridgehead atoms. The Morgan fingerprint density at radius 1 is 1.57 bits per heavy atom. The maximum Gasteiger partial charge on any atom is 0.307 e. The molecule has 0 saturated heterocycles. The lowest BCUT2D eigenvalue weighted by atomic mass is 10.3. The first-order valence-corrected chi connectivity index (χ1v) is 4.23. The van der Waals surface area contributed by atoms with E-state index < -0.39 is 5.24 Å². The number of nitrogens with zero attached hydrogens (tertiary/aromatic N) is 1. The predicted molar refractivity (Wildman–Crippen MR) is 50.7 cm³/mol. The molecule has 1 aromatic carbocycles. The molecule has 1 heterocycles. The molecule has 2 rings (SSSR count). The monoisotopic (exact) mass is 211 g/mol. The van der Waals surface area contributed by atoms with E-state index in [1.54, 1.807) is 18.2 Å². The number of carbonyl (C=O) groups is 1. The first-order chi connectivity index (χ1) is 6.72. The van der Waals surface area contributed by atoms with Gasteiger partial charge in [-0.2, -0.15) is 0 Å². The number of para-hydroxylation sites is 1. The van der Waals surface area contributed by atoms with Crippen molar-refractivity contribution in [2.24, 2.45) is 0 Å². The van der Waals surface area contributed by atoms with E-state index >= 15 is 0 Å². The number of hydrogen-bond donors (Lipinski definition) is 0. The SMILES string of the molecule is COc1cccc2oc(C(=O)Cl)nc12. The zero-order valence-corrected chi connectivity index (χ0v) is 8.04. The molecule has 0 spiro atoms. The van der Waals surface area contributed by atoms with Crippen LogP contribution in [-0.2, 0) is 0 Å². The summed E-state index contributed by atoms with van der Waals surface area (Å²) in [6.45, 7) is 0. The third-order valence-electron chi connectivity index (χ3n) is 1.77. The van der Waals surface area contributed by atoms with Crippen molar-refractivity contribution in [3.05, 3.63) is 24.1 Å². The van der Waals surface area contributed by atoms with Crippen LogP contribution in [0.5, 0.6) is 5.75 Å². The number of carbonyl (C=O) groups excluding carboxylic acids is 1. The molecular weight excluding hydrogens is 206 g/mol. The molecule has 0 unspecified atom stereocenters. The quantitative estimate of drug-likeness (QED) is 0.715. The standard InChI is InChI=1S/C9H6ClNO3/c1-13-5-3-2-4-6-7(5)11-9(14-6)8(10)12/h2-4H,1H3. The van der Waals surface area contributed by atoms with Gasteiger partial charge in [-0.1, -0.05) is 6.07 Å². The minimum absolute atomic E-state index is 0.119. The Labute approximate surface area is 84.4 Å². The van der Waals surface area contributed by atoms with E-state index in [1.165, 1.54) is 7.11 Å². The highest BCUT2D eigenvalue weighted by atomic mass is 35.5. The second-order valence-electron chi connectivity index (χ2n) is 2.60. The average molecular weight is 212 g/mol. The molecule has 0 fully saturated rings. The lowest BCUT2D eigenvalue weighted by molar-refractivity contribution is 0.105. The summed E-state index contributed by atoms with van der Waals surface area (Å²) in [5.74, 6) is 0.432. The number of methoxy groups -OCH3 is 1. The number of ether oxygens (including phenoxy) is 1. The first-order valence-electron chi connectivity index (χ1n) is 3.85. The Bertz CT molecular complexity index is 492. The molecule has 0 amide bonds. The van der Waals surface area contributed by atoms with Crippen LogP contribution in [0.1, 0.15) is 10.7 Å². The van der Waals surface area contributed by atoms with Gasteiger partial charge in [-0.3, -0.25) is 4.79 Å². The minimum Gasteiger partial charge on any atom is -0.494 e. The fourth-order valence-electron chi connectivity index (χ4n) is 1.17. The van der Waals surface area contributed by atoms with Gasteiger partial charge in [0.2, 0.25) is 0 Å². The zero-order chi connectivity index (χ0) is 10.1. The fraction of sp³-hybridized carbons (Fsp3) is 0.111. The largest absolute Gasteiger partial charge is 0.494 e. The third-order valence-corrected chi connectivity index (χ3v) is 1.93.